The van der Waals surface area contributed by atoms with E-state index < -0.39 is 6.10 Å². The normalized spacial score (nSPS) is 19.1. The Morgan fingerprint density at radius 1 is 1.15 bits per heavy atom. The minimum absolute atomic E-state index is 0.0991. The average Bonchev–Trinajstić information content (AvgIpc) is 3.34. The Bertz CT molecular complexity index is 908. The van der Waals surface area contributed by atoms with Crippen LogP contribution in [0, 0.1) is 0 Å². The van der Waals surface area contributed by atoms with Gasteiger partial charge in [0.1, 0.15) is 0 Å². The van der Waals surface area contributed by atoms with Gasteiger partial charge in [0, 0.05) is 30.4 Å². The fourth-order valence-electron chi connectivity index (χ4n) is 3.31. The summed E-state index contributed by atoms with van der Waals surface area (Å²) in [6.07, 6.45) is 1.94. The van der Waals surface area contributed by atoms with Crippen LogP contribution in [0.25, 0.3) is 16.9 Å². The predicted molar refractivity (Wildman–Crippen MR) is 103 cm³/mol. The van der Waals surface area contributed by atoms with Crippen LogP contribution in [-0.2, 0) is 11.3 Å². The molecule has 0 unspecified atom stereocenters. The number of hydrogen-bond acceptors (Lipinski definition) is 4. The van der Waals surface area contributed by atoms with Crippen molar-refractivity contribution in [2.45, 2.75) is 25.1 Å². The molecule has 0 aliphatic carbocycles. The molecule has 3 N–H and O–H groups in total. The molecule has 6 nitrogen and oxygen atoms in total. The number of rotatable bonds is 5. The van der Waals surface area contributed by atoms with Crippen molar-refractivity contribution in [3.63, 3.8) is 0 Å². The highest BCUT2D eigenvalue weighted by Crippen LogP contribution is 2.23. The number of β-amino-alcohol motifs (C(OH)–C–C–N with tert-alkyl or cyclic N) is 1. The number of aliphatic hydroxyl groups is 1. The molecule has 1 aliphatic rings. The maximum atomic E-state index is 12.4. The molecule has 138 valence electrons. The van der Waals surface area contributed by atoms with Crippen LogP contribution in [0.4, 0.5) is 0 Å². The van der Waals surface area contributed by atoms with Gasteiger partial charge in [0.15, 0.2) is 0 Å². The second-order valence-corrected chi connectivity index (χ2v) is 6.72. The third-order valence-corrected chi connectivity index (χ3v) is 4.74. The molecule has 2 heterocycles. The van der Waals surface area contributed by atoms with Crippen molar-refractivity contribution in [2.24, 2.45) is 0 Å². The van der Waals surface area contributed by atoms with Crippen molar-refractivity contribution in [1.82, 2.24) is 20.4 Å². The van der Waals surface area contributed by atoms with Gasteiger partial charge in [-0.2, -0.15) is 5.10 Å². The molecule has 6 heteroatoms. The first-order valence-electron chi connectivity index (χ1n) is 9.09. The molecular formula is C21H22N4O2. The molecule has 2 aromatic carbocycles. The zero-order chi connectivity index (χ0) is 18.6. The molecule has 0 saturated carbocycles. The highest BCUT2D eigenvalue weighted by Gasteiger charge is 2.28. The van der Waals surface area contributed by atoms with Gasteiger partial charge >= 0.3 is 0 Å². The molecule has 1 fully saturated rings. The summed E-state index contributed by atoms with van der Waals surface area (Å²) in [6.45, 7) is 0.837. The highest BCUT2D eigenvalue weighted by molar-refractivity contribution is 5.82. The zero-order valence-corrected chi connectivity index (χ0v) is 14.9. The monoisotopic (exact) mass is 362 g/mol. The Kier molecular flexibility index (Phi) is 5.00. The summed E-state index contributed by atoms with van der Waals surface area (Å²) < 4.78 is 1.83. The number of benzene rings is 2. The molecule has 3 aromatic rings. The third kappa shape index (κ3) is 3.92. The molecular weight excluding hydrogens is 340 g/mol. The Balaban J connectivity index is 1.58. The van der Waals surface area contributed by atoms with Gasteiger partial charge in [-0.1, -0.05) is 48.5 Å². The van der Waals surface area contributed by atoms with Crippen molar-refractivity contribution in [2.75, 3.05) is 6.54 Å². The molecule has 1 amide bonds. The lowest BCUT2D eigenvalue weighted by atomic mass is 10.1. The van der Waals surface area contributed by atoms with Gasteiger partial charge in [-0.25, -0.2) is 4.68 Å². The molecule has 1 saturated heterocycles. The number of amides is 1. The van der Waals surface area contributed by atoms with Gasteiger partial charge in [0.2, 0.25) is 5.91 Å². The standard InChI is InChI=1S/C21H22N4O2/c26-18-11-19(22-13-18)21(27)23-12-16-14-25(17-9-5-2-6-10-17)24-20(16)15-7-3-1-4-8-15/h1-10,14,18-19,22,26H,11-13H2,(H,23,27)/t18-,19-/m1/s1. The Morgan fingerprint density at radius 2 is 1.85 bits per heavy atom. The van der Waals surface area contributed by atoms with E-state index in [9.17, 15) is 9.90 Å². The number of para-hydroxylation sites is 1. The molecule has 2 atom stereocenters. The number of hydrogen-bond donors (Lipinski definition) is 3. The number of nitrogens with zero attached hydrogens (tertiary/aromatic N) is 2. The lowest BCUT2D eigenvalue weighted by molar-refractivity contribution is -0.123. The molecule has 1 aliphatic heterocycles. The second kappa shape index (κ2) is 7.73. The largest absolute Gasteiger partial charge is 0.392 e. The topological polar surface area (TPSA) is 79.2 Å². The first-order chi connectivity index (χ1) is 13.2. The van der Waals surface area contributed by atoms with Crippen LogP contribution in [-0.4, -0.2) is 39.5 Å². The van der Waals surface area contributed by atoms with Gasteiger partial charge in [-0.05, 0) is 18.6 Å². The number of carbonyl (C=O) groups is 1. The van der Waals surface area contributed by atoms with Crippen LogP contribution < -0.4 is 10.6 Å². The van der Waals surface area contributed by atoms with E-state index in [1.54, 1.807) is 0 Å². The van der Waals surface area contributed by atoms with Gasteiger partial charge in [0.05, 0.1) is 23.5 Å². The quantitative estimate of drug-likeness (QED) is 0.648. The van der Waals surface area contributed by atoms with Crippen LogP contribution in [0.5, 0.6) is 0 Å². The van der Waals surface area contributed by atoms with Crippen LogP contribution in [0.1, 0.15) is 12.0 Å². The summed E-state index contributed by atoms with van der Waals surface area (Å²) in [4.78, 5) is 12.4. The fraction of sp³-hybridized carbons (Fsp3) is 0.238. The first-order valence-corrected chi connectivity index (χ1v) is 9.09. The second-order valence-electron chi connectivity index (χ2n) is 6.72. The van der Waals surface area contributed by atoms with E-state index in [4.69, 9.17) is 5.10 Å². The van der Waals surface area contributed by atoms with Crippen molar-refractivity contribution in [3.05, 3.63) is 72.4 Å². The molecule has 27 heavy (non-hydrogen) atoms. The Morgan fingerprint density at radius 3 is 2.52 bits per heavy atom. The van der Waals surface area contributed by atoms with Crippen molar-refractivity contribution >= 4 is 5.91 Å². The summed E-state index contributed by atoms with van der Waals surface area (Å²) in [5.74, 6) is -0.0991. The molecule has 0 spiro atoms. The van der Waals surface area contributed by atoms with Gasteiger partial charge < -0.3 is 15.7 Å². The predicted octanol–water partition coefficient (Wildman–Crippen LogP) is 1.88. The number of carbonyl (C=O) groups excluding carboxylic acids is 1. The van der Waals surface area contributed by atoms with Gasteiger partial charge in [-0.3, -0.25) is 4.79 Å². The van der Waals surface area contributed by atoms with Crippen molar-refractivity contribution in [1.29, 1.82) is 0 Å². The summed E-state index contributed by atoms with van der Waals surface area (Å²) >= 11 is 0. The van der Waals surface area contributed by atoms with E-state index >= 15 is 0 Å². The minimum atomic E-state index is -0.457. The van der Waals surface area contributed by atoms with Crippen molar-refractivity contribution in [3.8, 4) is 16.9 Å². The summed E-state index contributed by atoms with van der Waals surface area (Å²) in [7, 11) is 0. The lowest BCUT2D eigenvalue weighted by Crippen LogP contribution is -2.40. The first kappa shape index (κ1) is 17.5. The Labute approximate surface area is 157 Å². The lowest BCUT2D eigenvalue weighted by Gasteiger charge is -2.11. The maximum Gasteiger partial charge on any atom is 0.237 e. The highest BCUT2D eigenvalue weighted by atomic mass is 16.3. The van der Waals surface area contributed by atoms with Crippen LogP contribution >= 0.6 is 0 Å². The van der Waals surface area contributed by atoms with Crippen LogP contribution in [0.3, 0.4) is 0 Å². The van der Waals surface area contributed by atoms with Gasteiger partial charge in [-0.15, -0.1) is 0 Å². The van der Waals surface area contributed by atoms with E-state index in [0.29, 0.717) is 19.5 Å². The number of aromatic nitrogens is 2. The van der Waals surface area contributed by atoms with Crippen LogP contribution in [0.15, 0.2) is 66.9 Å². The zero-order valence-electron chi connectivity index (χ0n) is 14.9. The third-order valence-electron chi connectivity index (χ3n) is 4.74. The fourth-order valence-corrected chi connectivity index (χ4v) is 3.31. The SMILES string of the molecule is O=C(NCc1cn(-c2ccccc2)nc1-c1ccccc1)[C@H]1C[C@@H](O)CN1. The molecule has 0 radical (unpaired) electrons. The number of nitrogens with one attached hydrogen (secondary N) is 2. The number of aliphatic hydroxyl groups excluding tert-OH is 1. The van der Waals surface area contributed by atoms with E-state index in [2.05, 4.69) is 10.6 Å². The summed E-state index contributed by atoms with van der Waals surface area (Å²) in [6, 6.07) is 19.5. The Hall–Kier alpha value is -2.96. The smallest absolute Gasteiger partial charge is 0.237 e. The van der Waals surface area contributed by atoms with E-state index in [-0.39, 0.29) is 11.9 Å². The molecule has 0 bridgehead atoms. The summed E-state index contributed by atoms with van der Waals surface area (Å²) in [5.41, 5.74) is 3.76. The van der Waals surface area contributed by atoms with Crippen LogP contribution in [0.2, 0.25) is 0 Å². The van der Waals surface area contributed by atoms with E-state index in [0.717, 1.165) is 22.5 Å². The average molecular weight is 362 g/mol. The van der Waals surface area contributed by atoms with E-state index in [1.165, 1.54) is 0 Å². The minimum Gasteiger partial charge on any atom is -0.392 e. The molecule has 4 rings (SSSR count). The van der Waals surface area contributed by atoms with Crippen molar-refractivity contribution < 1.29 is 9.90 Å². The summed E-state index contributed by atoms with van der Waals surface area (Å²) in [5, 5.41) is 20.4. The maximum absolute atomic E-state index is 12.4. The van der Waals surface area contributed by atoms with Gasteiger partial charge in [0.25, 0.3) is 0 Å². The molecule has 1 aromatic heterocycles. The van der Waals surface area contributed by atoms with E-state index in [1.807, 2.05) is 71.5 Å².